The second kappa shape index (κ2) is 5.31. The summed E-state index contributed by atoms with van der Waals surface area (Å²) in [5.41, 5.74) is 7.03. The van der Waals surface area contributed by atoms with Crippen LogP contribution in [0.3, 0.4) is 0 Å². The van der Waals surface area contributed by atoms with Crippen molar-refractivity contribution in [1.82, 2.24) is 24.5 Å². The summed E-state index contributed by atoms with van der Waals surface area (Å²) in [6, 6.07) is 2.02. The molecule has 2 aromatic heterocycles. The molecule has 0 aromatic carbocycles. The van der Waals surface area contributed by atoms with Crippen molar-refractivity contribution in [3.05, 3.63) is 29.1 Å². The van der Waals surface area contributed by atoms with Crippen LogP contribution in [-0.2, 0) is 23.3 Å². The van der Waals surface area contributed by atoms with Crippen LogP contribution in [0, 0.1) is 13.8 Å². The zero-order valence-corrected chi connectivity index (χ0v) is 13.2. The highest BCUT2D eigenvalue weighted by Gasteiger charge is 2.22. The minimum atomic E-state index is -0.432. The molecule has 2 rings (SSSR count). The maximum atomic E-state index is 11.1. The third kappa shape index (κ3) is 3.48. The molecule has 0 fully saturated rings. The lowest BCUT2D eigenvalue weighted by Crippen LogP contribution is -2.27. The monoisotopic (exact) mass is 290 g/mol. The second-order valence-corrected chi connectivity index (χ2v) is 6.25. The number of primary amides is 1. The molecule has 0 atom stereocenters. The van der Waals surface area contributed by atoms with E-state index in [1.54, 1.807) is 0 Å². The fourth-order valence-corrected chi connectivity index (χ4v) is 2.23. The third-order valence-electron chi connectivity index (χ3n) is 3.08. The van der Waals surface area contributed by atoms with E-state index in [2.05, 4.69) is 15.2 Å². The first-order chi connectivity index (χ1) is 9.66. The van der Waals surface area contributed by atoms with Crippen molar-refractivity contribution in [3.63, 3.8) is 0 Å². The smallest absolute Gasteiger partial charge is 0.225 e. The lowest BCUT2D eigenvalue weighted by atomic mass is 10.1. The Bertz CT molecular complexity index is 662. The molecule has 2 heterocycles. The van der Waals surface area contributed by atoms with Gasteiger partial charge in [0.25, 0.3) is 0 Å². The van der Waals surface area contributed by atoms with E-state index in [-0.39, 0.29) is 12.0 Å². The van der Waals surface area contributed by atoms with Crippen LogP contribution in [0.4, 0.5) is 0 Å². The van der Waals surface area contributed by atoms with Gasteiger partial charge in [0.05, 0.1) is 17.7 Å². The Morgan fingerprint density at radius 1 is 1.29 bits per heavy atom. The van der Waals surface area contributed by atoms with Gasteiger partial charge in [-0.25, -0.2) is 9.67 Å². The average Bonchev–Trinajstić information content (AvgIpc) is 2.82. The molecular formula is C14H22N6O. The summed E-state index contributed by atoms with van der Waals surface area (Å²) in [6.45, 7) is 10.6. The molecule has 0 aliphatic heterocycles. The van der Waals surface area contributed by atoms with Crippen molar-refractivity contribution in [2.24, 2.45) is 5.73 Å². The quantitative estimate of drug-likeness (QED) is 0.906. The van der Waals surface area contributed by atoms with Gasteiger partial charge in [-0.2, -0.15) is 10.2 Å². The maximum Gasteiger partial charge on any atom is 0.225 e. The zero-order valence-electron chi connectivity index (χ0n) is 13.2. The van der Waals surface area contributed by atoms with Crippen LogP contribution in [-0.4, -0.2) is 30.5 Å². The fourth-order valence-electron chi connectivity index (χ4n) is 2.23. The molecule has 7 heteroatoms. The Labute approximate surface area is 124 Å². The third-order valence-corrected chi connectivity index (χ3v) is 3.08. The van der Waals surface area contributed by atoms with Crippen LogP contribution in [0.15, 0.2) is 6.07 Å². The molecule has 1 amide bonds. The van der Waals surface area contributed by atoms with Crippen LogP contribution in [0.2, 0.25) is 0 Å². The number of aryl methyl sites for hydroxylation is 2. The molecule has 0 spiro atoms. The van der Waals surface area contributed by atoms with E-state index in [4.69, 9.17) is 5.73 Å². The van der Waals surface area contributed by atoms with Gasteiger partial charge in [-0.1, -0.05) is 0 Å². The van der Waals surface area contributed by atoms with Crippen LogP contribution in [0.5, 0.6) is 0 Å². The number of carbonyl (C=O) groups excluding carboxylic acids is 1. The zero-order chi connectivity index (χ0) is 15.8. The molecule has 0 unspecified atom stereocenters. The maximum absolute atomic E-state index is 11.1. The summed E-state index contributed by atoms with van der Waals surface area (Å²) in [7, 11) is 0. The number of nitrogens with two attached hydrogens (primary N) is 1. The Kier molecular flexibility index (Phi) is 3.85. The van der Waals surface area contributed by atoms with Crippen LogP contribution in [0.1, 0.15) is 43.8 Å². The second-order valence-electron chi connectivity index (χ2n) is 6.25. The molecule has 0 saturated carbocycles. The standard InChI is InChI=1S/C14H22N6O/c1-9-6-10(2)19(17-9)8-13-16-12(7-11(15)21)18-20(13)14(3,4)5/h6H,7-8H2,1-5H3,(H2,15,21). The molecule has 0 radical (unpaired) electrons. The van der Waals surface area contributed by atoms with E-state index in [1.807, 2.05) is 50.0 Å². The summed E-state index contributed by atoms with van der Waals surface area (Å²) in [6.07, 6.45) is 0.0488. The normalized spacial score (nSPS) is 11.9. The molecule has 0 bridgehead atoms. The summed E-state index contributed by atoms with van der Waals surface area (Å²) in [5.74, 6) is 0.789. The number of amides is 1. The van der Waals surface area contributed by atoms with Crippen molar-refractivity contribution in [2.75, 3.05) is 0 Å². The first-order valence-electron chi connectivity index (χ1n) is 6.91. The molecule has 2 N–H and O–H groups in total. The molecule has 21 heavy (non-hydrogen) atoms. The lowest BCUT2D eigenvalue weighted by molar-refractivity contribution is -0.117. The SMILES string of the molecule is Cc1cc(C)n(Cc2nc(CC(N)=O)nn2C(C)(C)C)n1. The molecule has 114 valence electrons. The first kappa shape index (κ1) is 15.2. The van der Waals surface area contributed by atoms with E-state index < -0.39 is 5.91 Å². The Morgan fingerprint density at radius 2 is 1.95 bits per heavy atom. The average molecular weight is 290 g/mol. The van der Waals surface area contributed by atoms with Crippen LogP contribution in [0.25, 0.3) is 0 Å². The van der Waals surface area contributed by atoms with Crippen molar-refractivity contribution in [1.29, 1.82) is 0 Å². The van der Waals surface area contributed by atoms with Gasteiger partial charge in [0.15, 0.2) is 5.82 Å². The van der Waals surface area contributed by atoms with Gasteiger partial charge in [0, 0.05) is 5.69 Å². The van der Waals surface area contributed by atoms with Crippen molar-refractivity contribution in [3.8, 4) is 0 Å². The van der Waals surface area contributed by atoms with Gasteiger partial charge in [0.2, 0.25) is 5.91 Å². The minimum absolute atomic E-state index is 0.0488. The summed E-state index contributed by atoms with van der Waals surface area (Å²) in [5, 5.41) is 8.86. The van der Waals surface area contributed by atoms with Gasteiger partial charge >= 0.3 is 0 Å². The number of aromatic nitrogens is 5. The topological polar surface area (TPSA) is 91.6 Å². The first-order valence-corrected chi connectivity index (χ1v) is 6.91. The Morgan fingerprint density at radius 3 is 2.43 bits per heavy atom. The van der Waals surface area contributed by atoms with E-state index in [1.165, 1.54) is 0 Å². The predicted molar refractivity (Wildman–Crippen MR) is 78.7 cm³/mol. The largest absolute Gasteiger partial charge is 0.369 e. The summed E-state index contributed by atoms with van der Waals surface area (Å²) >= 11 is 0. The van der Waals surface area contributed by atoms with Gasteiger partial charge in [0.1, 0.15) is 12.4 Å². The molecule has 0 saturated heterocycles. The number of carbonyl (C=O) groups is 1. The van der Waals surface area contributed by atoms with Crippen molar-refractivity contribution in [2.45, 2.75) is 53.1 Å². The molecule has 0 aliphatic carbocycles. The number of nitrogens with zero attached hydrogens (tertiary/aromatic N) is 5. The van der Waals surface area contributed by atoms with Gasteiger partial charge in [-0.15, -0.1) is 0 Å². The highest BCUT2D eigenvalue weighted by atomic mass is 16.1. The van der Waals surface area contributed by atoms with E-state index in [0.717, 1.165) is 17.2 Å². The molecule has 7 nitrogen and oxygen atoms in total. The molecule has 0 aliphatic rings. The van der Waals surface area contributed by atoms with E-state index in [9.17, 15) is 4.79 Å². The number of hydrogen-bond acceptors (Lipinski definition) is 4. The van der Waals surface area contributed by atoms with Crippen molar-refractivity contribution >= 4 is 5.91 Å². The predicted octanol–water partition coefficient (Wildman–Crippen LogP) is 0.923. The van der Waals surface area contributed by atoms with E-state index >= 15 is 0 Å². The Hall–Kier alpha value is -2.18. The Balaban J connectivity index is 2.39. The fraction of sp³-hybridized carbons (Fsp3) is 0.571. The van der Waals surface area contributed by atoms with Gasteiger partial charge in [-0.05, 0) is 40.7 Å². The number of hydrogen-bond donors (Lipinski definition) is 1. The molecule has 2 aromatic rings. The van der Waals surface area contributed by atoms with Gasteiger partial charge < -0.3 is 5.73 Å². The summed E-state index contributed by atoms with van der Waals surface area (Å²) < 4.78 is 3.72. The minimum Gasteiger partial charge on any atom is -0.369 e. The van der Waals surface area contributed by atoms with Crippen LogP contribution >= 0.6 is 0 Å². The van der Waals surface area contributed by atoms with Gasteiger partial charge in [-0.3, -0.25) is 9.48 Å². The highest BCUT2D eigenvalue weighted by molar-refractivity contribution is 5.75. The van der Waals surface area contributed by atoms with Crippen LogP contribution < -0.4 is 5.73 Å². The molecular weight excluding hydrogens is 268 g/mol. The number of rotatable bonds is 4. The van der Waals surface area contributed by atoms with Crippen molar-refractivity contribution < 1.29 is 4.79 Å². The van der Waals surface area contributed by atoms with E-state index in [0.29, 0.717) is 12.4 Å². The highest BCUT2D eigenvalue weighted by Crippen LogP contribution is 2.17. The lowest BCUT2D eigenvalue weighted by Gasteiger charge is -2.21. The summed E-state index contributed by atoms with van der Waals surface area (Å²) in [4.78, 5) is 15.5.